The molecule has 0 heterocycles. The van der Waals surface area contributed by atoms with Crippen LogP contribution in [0.4, 0.5) is 5.69 Å². The summed E-state index contributed by atoms with van der Waals surface area (Å²) in [6, 6.07) is 4.11. The van der Waals surface area contributed by atoms with Crippen LogP contribution in [0, 0.1) is 0 Å². The van der Waals surface area contributed by atoms with Crippen molar-refractivity contribution in [2.75, 3.05) is 31.4 Å². The summed E-state index contributed by atoms with van der Waals surface area (Å²) < 4.78 is 53.0. The number of rotatable bonds is 6. The average molecular weight is 308 g/mol. The molecule has 0 spiro atoms. The maximum Gasteiger partial charge on any atom is 0.244 e. The molecule has 0 atom stereocenters. The zero-order chi connectivity index (χ0) is 14.7. The maximum absolute atomic E-state index is 12.0. The second-order valence-corrected chi connectivity index (χ2v) is 7.93. The van der Waals surface area contributed by atoms with E-state index in [1.807, 2.05) is 0 Å². The van der Waals surface area contributed by atoms with Crippen molar-refractivity contribution in [3.63, 3.8) is 0 Å². The van der Waals surface area contributed by atoms with Crippen molar-refractivity contribution >= 4 is 25.5 Å². The van der Waals surface area contributed by atoms with Gasteiger partial charge in [-0.1, -0.05) is 0 Å². The van der Waals surface area contributed by atoms with Crippen LogP contribution in [0.3, 0.4) is 0 Å². The minimum Gasteiger partial charge on any atom is -0.495 e. The Kier molecular flexibility index (Phi) is 4.77. The highest BCUT2D eigenvalue weighted by Gasteiger charge is 2.19. The van der Waals surface area contributed by atoms with Gasteiger partial charge in [-0.3, -0.25) is 0 Å². The van der Waals surface area contributed by atoms with Gasteiger partial charge in [0.2, 0.25) is 10.0 Å². The van der Waals surface area contributed by atoms with Crippen LogP contribution < -0.4 is 15.2 Å². The van der Waals surface area contributed by atoms with Crippen molar-refractivity contribution in [2.45, 2.75) is 4.90 Å². The van der Waals surface area contributed by atoms with E-state index < -0.39 is 19.9 Å². The minimum absolute atomic E-state index is 0.0855. The van der Waals surface area contributed by atoms with Crippen LogP contribution in [-0.4, -0.2) is 42.5 Å². The van der Waals surface area contributed by atoms with Crippen molar-refractivity contribution in [3.05, 3.63) is 18.2 Å². The standard InChI is InChI=1S/C10H16N2O5S2/c1-17-9-7-8(11)3-4-10(9)19(15,16)12-5-6-18(2,13)14/h3-4,7,12H,5-6,11H2,1-2H3. The fraction of sp³-hybridized carbons (Fsp3) is 0.400. The van der Waals surface area contributed by atoms with Gasteiger partial charge in [-0.2, -0.15) is 0 Å². The van der Waals surface area contributed by atoms with E-state index in [0.29, 0.717) is 5.69 Å². The van der Waals surface area contributed by atoms with E-state index in [9.17, 15) is 16.8 Å². The first-order valence-corrected chi connectivity index (χ1v) is 8.81. The molecule has 0 saturated heterocycles. The zero-order valence-electron chi connectivity index (χ0n) is 10.6. The van der Waals surface area contributed by atoms with Crippen molar-refractivity contribution in [1.82, 2.24) is 4.72 Å². The van der Waals surface area contributed by atoms with Gasteiger partial charge in [-0.05, 0) is 12.1 Å². The molecule has 1 aromatic carbocycles. The summed E-state index contributed by atoms with van der Waals surface area (Å²) in [7, 11) is -5.74. The Morgan fingerprint density at radius 1 is 1.26 bits per heavy atom. The number of nitrogen functional groups attached to an aromatic ring is 1. The zero-order valence-corrected chi connectivity index (χ0v) is 12.2. The molecule has 0 fully saturated rings. The molecule has 19 heavy (non-hydrogen) atoms. The quantitative estimate of drug-likeness (QED) is 0.691. The largest absolute Gasteiger partial charge is 0.495 e. The number of ether oxygens (including phenoxy) is 1. The van der Waals surface area contributed by atoms with Gasteiger partial charge < -0.3 is 10.5 Å². The smallest absolute Gasteiger partial charge is 0.244 e. The minimum atomic E-state index is -3.84. The highest BCUT2D eigenvalue weighted by atomic mass is 32.2. The Bertz CT molecular complexity index is 652. The third-order valence-corrected chi connectivity index (χ3v) is 4.69. The Hall–Kier alpha value is -1.32. The lowest BCUT2D eigenvalue weighted by molar-refractivity contribution is 0.402. The fourth-order valence-electron chi connectivity index (χ4n) is 1.35. The van der Waals surface area contributed by atoms with Crippen LogP contribution in [0.2, 0.25) is 0 Å². The van der Waals surface area contributed by atoms with E-state index in [1.165, 1.54) is 25.3 Å². The second kappa shape index (κ2) is 5.76. The maximum atomic E-state index is 12.0. The Morgan fingerprint density at radius 2 is 1.89 bits per heavy atom. The summed E-state index contributed by atoms with van der Waals surface area (Å²) >= 11 is 0. The van der Waals surface area contributed by atoms with Gasteiger partial charge in [0.05, 0.1) is 12.9 Å². The first kappa shape index (κ1) is 15.7. The fourth-order valence-corrected chi connectivity index (χ4v) is 3.13. The summed E-state index contributed by atoms with van der Waals surface area (Å²) in [4.78, 5) is -0.0855. The summed E-state index contributed by atoms with van der Waals surface area (Å²) in [5.41, 5.74) is 5.90. The van der Waals surface area contributed by atoms with Crippen LogP contribution >= 0.6 is 0 Å². The van der Waals surface area contributed by atoms with Gasteiger partial charge in [-0.15, -0.1) is 0 Å². The normalized spacial score (nSPS) is 12.3. The van der Waals surface area contributed by atoms with Crippen LogP contribution in [0.15, 0.2) is 23.1 Å². The molecule has 0 bridgehead atoms. The number of nitrogens with one attached hydrogen (secondary N) is 1. The molecule has 0 aliphatic heterocycles. The molecule has 0 aliphatic carbocycles. The Morgan fingerprint density at radius 3 is 2.42 bits per heavy atom. The molecular weight excluding hydrogens is 292 g/mol. The molecule has 9 heteroatoms. The molecule has 1 aromatic rings. The first-order valence-electron chi connectivity index (χ1n) is 5.26. The van der Waals surface area contributed by atoms with Gasteiger partial charge in [-0.25, -0.2) is 21.6 Å². The van der Waals surface area contributed by atoms with Crippen molar-refractivity contribution in [1.29, 1.82) is 0 Å². The predicted molar refractivity (Wildman–Crippen MR) is 72.3 cm³/mol. The number of sulfonamides is 1. The molecule has 0 aromatic heterocycles. The number of hydrogen-bond acceptors (Lipinski definition) is 6. The van der Waals surface area contributed by atoms with Gasteiger partial charge >= 0.3 is 0 Å². The number of nitrogens with two attached hydrogens (primary N) is 1. The number of sulfone groups is 1. The van der Waals surface area contributed by atoms with Crippen LogP contribution in [0.1, 0.15) is 0 Å². The molecule has 108 valence electrons. The summed E-state index contributed by atoms with van der Waals surface area (Å²) in [5, 5.41) is 0. The number of methoxy groups -OCH3 is 1. The lowest BCUT2D eigenvalue weighted by Gasteiger charge is -2.10. The molecule has 0 amide bonds. The highest BCUT2D eigenvalue weighted by Crippen LogP contribution is 2.25. The van der Waals surface area contributed by atoms with Crippen molar-refractivity contribution in [2.24, 2.45) is 0 Å². The number of anilines is 1. The Labute approximate surface area is 112 Å². The van der Waals surface area contributed by atoms with Gasteiger partial charge in [0.25, 0.3) is 0 Å². The molecule has 0 radical (unpaired) electrons. The third kappa shape index (κ3) is 4.69. The van der Waals surface area contributed by atoms with E-state index in [4.69, 9.17) is 10.5 Å². The number of hydrogen-bond donors (Lipinski definition) is 2. The monoisotopic (exact) mass is 308 g/mol. The van der Waals surface area contributed by atoms with E-state index >= 15 is 0 Å². The third-order valence-electron chi connectivity index (χ3n) is 2.24. The first-order chi connectivity index (χ1) is 8.65. The SMILES string of the molecule is COc1cc(N)ccc1S(=O)(=O)NCCS(C)(=O)=O. The van der Waals surface area contributed by atoms with Gasteiger partial charge in [0.1, 0.15) is 20.5 Å². The van der Waals surface area contributed by atoms with Crippen LogP contribution in [0.25, 0.3) is 0 Å². The number of benzene rings is 1. The summed E-state index contributed by atoms with van der Waals surface area (Å²) in [6.45, 7) is -0.200. The van der Waals surface area contributed by atoms with Gasteiger partial charge in [0, 0.05) is 24.6 Å². The predicted octanol–water partition coefficient (Wildman–Crippen LogP) is -0.400. The highest BCUT2D eigenvalue weighted by molar-refractivity contribution is 7.91. The summed E-state index contributed by atoms with van der Waals surface area (Å²) in [5.74, 6) is -0.171. The van der Waals surface area contributed by atoms with E-state index in [-0.39, 0.29) is 22.9 Å². The second-order valence-electron chi connectivity index (χ2n) is 3.94. The average Bonchev–Trinajstić information content (AvgIpc) is 2.26. The lowest BCUT2D eigenvalue weighted by Crippen LogP contribution is -2.29. The van der Waals surface area contributed by atoms with Gasteiger partial charge in [0.15, 0.2) is 0 Å². The van der Waals surface area contributed by atoms with E-state index in [0.717, 1.165) is 6.26 Å². The Balaban J connectivity index is 2.95. The molecule has 0 unspecified atom stereocenters. The van der Waals surface area contributed by atoms with Crippen LogP contribution in [-0.2, 0) is 19.9 Å². The van der Waals surface area contributed by atoms with E-state index in [2.05, 4.69) is 4.72 Å². The molecule has 1 rings (SSSR count). The molecule has 7 nitrogen and oxygen atoms in total. The van der Waals surface area contributed by atoms with Crippen LogP contribution in [0.5, 0.6) is 5.75 Å². The van der Waals surface area contributed by atoms with E-state index in [1.54, 1.807) is 0 Å². The summed E-state index contributed by atoms with van der Waals surface area (Å²) in [6.07, 6.45) is 1.03. The lowest BCUT2D eigenvalue weighted by atomic mass is 10.3. The molecule has 0 saturated carbocycles. The topological polar surface area (TPSA) is 116 Å². The van der Waals surface area contributed by atoms with Crippen molar-refractivity contribution < 1.29 is 21.6 Å². The molecule has 0 aliphatic rings. The molecule has 3 N–H and O–H groups in total. The van der Waals surface area contributed by atoms with Crippen molar-refractivity contribution in [3.8, 4) is 5.75 Å². The molecular formula is C10H16N2O5S2.